The van der Waals surface area contributed by atoms with Gasteiger partial charge < -0.3 is 15.7 Å². The molecule has 2 aromatic rings. The molecule has 0 aliphatic heterocycles. The van der Waals surface area contributed by atoms with Gasteiger partial charge >= 0.3 is 12.0 Å². The Balaban J connectivity index is 2.07. The van der Waals surface area contributed by atoms with E-state index in [-0.39, 0.29) is 5.92 Å². The van der Waals surface area contributed by atoms with Crippen LogP contribution in [0.4, 0.5) is 4.79 Å². The van der Waals surface area contributed by atoms with Crippen molar-refractivity contribution in [3.63, 3.8) is 0 Å². The lowest BCUT2D eigenvalue weighted by molar-refractivity contribution is -0.138. The fraction of sp³-hybridized carbons (Fsp3) is 0.222. The highest BCUT2D eigenvalue weighted by atomic mass is 16.4. The normalized spacial score (nSPS) is 11.7. The van der Waals surface area contributed by atoms with Crippen molar-refractivity contribution in [2.24, 2.45) is 0 Å². The van der Waals surface area contributed by atoms with Gasteiger partial charge in [0.25, 0.3) is 0 Å². The average Bonchev–Trinajstić information content (AvgIpc) is 2.57. The minimum absolute atomic E-state index is 0.00304. The summed E-state index contributed by atoms with van der Waals surface area (Å²) >= 11 is 0. The maximum Gasteiger partial charge on any atom is 0.325 e. The highest BCUT2D eigenvalue weighted by molar-refractivity contribution is 5.82. The maximum absolute atomic E-state index is 11.8. The number of nitrogens with one attached hydrogen (secondary N) is 2. The van der Waals surface area contributed by atoms with Gasteiger partial charge in [0.2, 0.25) is 0 Å². The van der Waals surface area contributed by atoms with E-state index in [9.17, 15) is 9.59 Å². The number of carboxylic acids is 1. The van der Waals surface area contributed by atoms with Crippen LogP contribution in [0.5, 0.6) is 0 Å². The molecule has 3 N–H and O–H groups in total. The number of hydrogen-bond acceptors (Lipinski definition) is 2. The molecule has 0 spiro atoms. The zero-order valence-electron chi connectivity index (χ0n) is 12.9. The van der Waals surface area contributed by atoms with E-state index in [1.165, 1.54) is 6.92 Å². The second kappa shape index (κ2) is 7.98. The monoisotopic (exact) mass is 312 g/mol. The van der Waals surface area contributed by atoms with Crippen LogP contribution in [0.2, 0.25) is 0 Å². The molecule has 1 atom stereocenters. The van der Waals surface area contributed by atoms with Gasteiger partial charge in [-0.05, 0) is 18.1 Å². The quantitative estimate of drug-likeness (QED) is 0.767. The standard InChI is InChI=1S/C18H20N2O3/c1-13(17(21)22)20-18(23)19-12-16(14-8-4-2-5-9-14)15-10-6-3-7-11-15/h2-11,13,16H,12H2,1H3,(H,21,22)(H2,19,20,23). The van der Waals surface area contributed by atoms with Crippen LogP contribution in [0.15, 0.2) is 60.7 Å². The van der Waals surface area contributed by atoms with Gasteiger partial charge in [0.05, 0.1) is 0 Å². The van der Waals surface area contributed by atoms with Crippen molar-refractivity contribution in [2.45, 2.75) is 18.9 Å². The summed E-state index contributed by atoms with van der Waals surface area (Å²) in [5.74, 6) is -1.06. The number of hydrogen-bond donors (Lipinski definition) is 3. The molecule has 0 aliphatic carbocycles. The van der Waals surface area contributed by atoms with Crippen LogP contribution in [0.25, 0.3) is 0 Å². The molecule has 23 heavy (non-hydrogen) atoms. The van der Waals surface area contributed by atoms with Crippen molar-refractivity contribution in [1.29, 1.82) is 0 Å². The molecule has 5 heteroatoms. The molecule has 0 bridgehead atoms. The van der Waals surface area contributed by atoms with Gasteiger partial charge in [-0.2, -0.15) is 0 Å². The third-order valence-corrected chi connectivity index (χ3v) is 3.59. The van der Waals surface area contributed by atoms with Gasteiger partial charge in [-0.25, -0.2) is 4.79 Å². The number of carboxylic acid groups (broad SMARTS) is 1. The number of benzene rings is 2. The molecule has 0 aliphatic rings. The first-order valence-electron chi connectivity index (χ1n) is 7.45. The molecular formula is C18H20N2O3. The summed E-state index contributed by atoms with van der Waals surface area (Å²) in [7, 11) is 0. The summed E-state index contributed by atoms with van der Waals surface area (Å²) in [6.45, 7) is 1.81. The third kappa shape index (κ3) is 4.85. The smallest absolute Gasteiger partial charge is 0.325 e. The summed E-state index contributed by atoms with van der Waals surface area (Å²) in [5.41, 5.74) is 2.18. The van der Waals surface area contributed by atoms with Gasteiger partial charge in [-0.1, -0.05) is 60.7 Å². The van der Waals surface area contributed by atoms with E-state index >= 15 is 0 Å². The van der Waals surface area contributed by atoms with Crippen molar-refractivity contribution >= 4 is 12.0 Å². The Morgan fingerprint density at radius 3 is 1.87 bits per heavy atom. The molecule has 0 heterocycles. The molecule has 0 fully saturated rings. The minimum Gasteiger partial charge on any atom is -0.480 e. The number of amides is 2. The van der Waals surface area contributed by atoms with E-state index < -0.39 is 18.0 Å². The van der Waals surface area contributed by atoms with Crippen LogP contribution in [0.1, 0.15) is 24.0 Å². The Kier molecular flexibility index (Phi) is 5.74. The van der Waals surface area contributed by atoms with Gasteiger partial charge in [0.15, 0.2) is 0 Å². The second-order valence-electron chi connectivity index (χ2n) is 5.29. The average molecular weight is 312 g/mol. The van der Waals surface area contributed by atoms with Gasteiger partial charge in [-0.15, -0.1) is 0 Å². The van der Waals surface area contributed by atoms with Crippen molar-refractivity contribution in [2.75, 3.05) is 6.54 Å². The molecule has 120 valence electrons. The lowest BCUT2D eigenvalue weighted by atomic mass is 9.91. The molecule has 0 saturated heterocycles. The lowest BCUT2D eigenvalue weighted by Crippen LogP contribution is -2.45. The van der Waals surface area contributed by atoms with E-state index in [1.54, 1.807) is 0 Å². The maximum atomic E-state index is 11.8. The van der Waals surface area contributed by atoms with Crippen LogP contribution >= 0.6 is 0 Å². The molecule has 1 unspecified atom stereocenters. The van der Waals surface area contributed by atoms with Crippen LogP contribution in [-0.2, 0) is 4.79 Å². The zero-order valence-corrected chi connectivity index (χ0v) is 12.9. The van der Waals surface area contributed by atoms with Crippen molar-refractivity contribution in [1.82, 2.24) is 10.6 Å². The van der Waals surface area contributed by atoms with Crippen LogP contribution < -0.4 is 10.6 Å². The number of carbonyl (C=O) groups excluding carboxylic acids is 1. The second-order valence-corrected chi connectivity index (χ2v) is 5.29. The summed E-state index contributed by atoms with van der Waals surface area (Å²) in [6.07, 6.45) is 0. The minimum atomic E-state index is -1.07. The number of rotatable bonds is 6. The highest BCUT2D eigenvalue weighted by Crippen LogP contribution is 2.23. The molecule has 2 rings (SSSR count). The summed E-state index contributed by atoms with van der Waals surface area (Å²) in [6, 6.07) is 18.3. The molecule has 0 aromatic heterocycles. The Hall–Kier alpha value is -2.82. The number of carbonyl (C=O) groups is 2. The Morgan fingerprint density at radius 1 is 0.957 bits per heavy atom. The van der Waals surface area contributed by atoms with Crippen molar-refractivity contribution in [3.05, 3.63) is 71.8 Å². The topological polar surface area (TPSA) is 78.4 Å². The molecule has 0 radical (unpaired) electrons. The Morgan fingerprint density at radius 2 is 1.43 bits per heavy atom. The van der Waals surface area contributed by atoms with E-state index in [0.29, 0.717) is 6.54 Å². The first-order valence-corrected chi connectivity index (χ1v) is 7.45. The Labute approximate surface area is 135 Å². The predicted molar refractivity (Wildman–Crippen MR) is 88.4 cm³/mol. The van der Waals surface area contributed by atoms with Crippen LogP contribution in [0.3, 0.4) is 0 Å². The largest absolute Gasteiger partial charge is 0.480 e. The van der Waals surface area contributed by atoms with E-state index in [2.05, 4.69) is 10.6 Å². The van der Waals surface area contributed by atoms with Crippen LogP contribution in [0, 0.1) is 0 Å². The van der Waals surface area contributed by atoms with E-state index in [1.807, 2.05) is 60.7 Å². The van der Waals surface area contributed by atoms with Crippen LogP contribution in [-0.4, -0.2) is 29.7 Å². The number of aliphatic carboxylic acids is 1. The lowest BCUT2D eigenvalue weighted by Gasteiger charge is -2.19. The Bertz CT molecular complexity index is 604. The molecule has 5 nitrogen and oxygen atoms in total. The van der Waals surface area contributed by atoms with E-state index in [4.69, 9.17) is 5.11 Å². The summed E-state index contributed by atoms with van der Waals surface area (Å²) < 4.78 is 0. The van der Waals surface area contributed by atoms with E-state index in [0.717, 1.165) is 11.1 Å². The van der Waals surface area contributed by atoms with Gasteiger partial charge in [0.1, 0.15) is 6.04 Å². The first kappa shape index (κ1) is 16.5. The molecule has 2 amide bonds. The number of urea groups is 1. The molecular weight excluding hydrogens is 292 g/mol. The predicted octanol–water partition coefficient (Wildman–Crippen LogP) is 2.59. The summed E-state index contributed by atoms with van der Waals surface area (Å²) in [4.78, 5) is 22.6. The van der Waals surface area contributed by atoms with Crippen molar-refractivity contribution < 1.29 is 14.7 Å². The summed E-state index contributed by atoms with van der Waals surface area (Å²) in [5, 5.41) is 14.0. The fourth-order valence-corrected chi connectivity index (χ4v) is 2.30. The third-order valence-electron chi connectivity index (χ3n) is 3.59. The SMILES string of the molecule is CC(NC(=O)NCC(c1ccccc1)c1ccccc1)C(=O)O. The molecule has 0 saturated carbocycles. The highest BCUT2D eigenvalue weighted by Gasteiger charge is 2.17. The molecule has 2 aromatic carbocycles. The first-order chi connectivity index (χ1) is 11.1. The van der Waals surface area contributed by atoms with Gasteiger partial charge in [0, 0.05) is 12.5 Å². The fourth-order valence-electron chi connectivity index (χ4n) is 2.30. The van der Waals surface area contributed by atoms with Gasteiger partial charge in [-0.3, -0.25) is 4.79 Å². The zero-order chi connectivity index (χ0) is 16.7. The van der Waals surface area contributed by atoms with Crippen molar-refractivity contribution in [3.8, 4) is 0 Å².